The van der Waals surface area contributed by atoms with Crippen LogP contribution in [-0.4, -0.2) is 78.7 Å². The number of fused-ring (bicyclic) bond motifs is 2. The van der Waals surface area contributed by atoms with E-state index in [0.717, 1.165) is 56.4 Å². The van der Waals surface area contributed by atoms with Gasteiger partial charge in [-0.05, 0) is 55.9 Å². The first-order valence-electron chi connectivity index (χ1n) is 11.2. The van der Waals surface area contributed by atoms with Crippen molar-refractivity contribution in [3.63, 3.8) is 0 Å². The predicted molar refractivity (Wildman–Crippen MR) is 115 cm³/mol. The third kappa shape index (κ3) is 5.80. The molecular weight excluding hydrogens is 460 g/mol. The molecule has 2 heterocycles. The van der Waals surface area contributed by atoms with E-state index in [0.29, 0.717) is 19.7 Å². The summed E-state index contributed by atoms with van der Waals surface area (Å²) in [6.07, 6.45) is -0.707. The largest absolute Gasteiger partial charge is 0.490 e. The van der Waals surface area contributed by atoms with Gasteiger partial charge in [-0.15, -0.1) is 0 Å². The Morgan fingerprint density at radius 3 is 2.26 bits per heavy atom. The monoisotopic (exact) mass is 490 g/mol. The lowest BCUT2D eigenvalue weighted by atomic mass is 9.73. The van der Waals surface area contributed by atoms with E-state index in [4.69, 9.17) is 14.6 Å². The number of alkyl halides is 3. The van der Waals surface area contributed by atoms with Gasteiger partial charge in [-0.3, -0.25) is 4.79 Å². The molecule has 3 aliphatic rings. The quantitative estimate of drug-likeness (QED) is 0.617. The summed E-state index contributed by atoms with van der Waals surface area (Å²) >= 11 is 0. The molecule has 34 heavy (non-hydrogen) atoms. The van der Waals surface area contributed by atoms with E-state index in [2.05, 4.69) is 4.90 Å². The highest BCUT2D eigenvalue weighted by molar-refractivity contribution is 5.78. The third-order valence-corrected chi connectivity index (χ3v) is 7.01. The van der Waals surface area contributed by atoms with Crippen molar-refractivity contribution in [2.75, 3.05) is 44.8 Å². The van der Waals surface area contributed by atoms with Gasteiger partial charge in [0.1, 0.15) is 5.82 Å². The molecule has 190 valence electrons. The lowest BCUT2D eigenvalue weighted by Gasteiger charge is -2.42. The van der Waals surface area contributed by atoms with Gasteiger partial charge in [-0.25, -0.2) is 9.18 Å². The van der Waals surface area contributed by atoms with Gasteiger partial charge in [-0.2, -0.15) is 13.2 Å². The molecular formula is C23H30F4N2O5. The summed E-state index contributed by atoms with van der Waals surface area (Å²) in [4.78, 5) is 25.7. The van der Waals surface area contributed by atoms with Crippen molar-refractivity contribution >= 4 is 17.6 Å². The maximum Gasteiger partial charge on any atom is 0.490 e. The number of halogens is 4. The molecule has 1 saturated heterocycles. The number of anilines is 1. The molecule has 1 aromatic carbocycles. The second kappa shape index (κ2) is 10.1. The van der Waals surface area contributed by atoms with Crippen LogP contribution in [0.5, 0.6) is 0 Å². The first-order valence-corrected chi connectivity index (χ1v) is 11.2. The molecule has 1 amide bonds. The minimum Gasteiger partial charge on any atom is -0.475 e. The average molecular weight is 490 g/mol. The number of carbonyl (C=O) groups excluding carboxylic acids is 1. The number of piperidine rings is 1. The van der Waals surface area contributed by atoms with E-state index in [1.165, 1.54) is 6.07 Å². The smallest absolute Gasteiger partial charge is 0.475 e. The lowest BCUT2D eigenvalue weighted by molar-refractivity contribution is -0.192. The molecule has 0 unspecified atom stereocenters. The Balaban J connectivity index is 0.000000406. The minimum atomic E-state index is -5.08. The van der Waals surface area contributed by atoms with Crippen molar-refractivity contribution in [1.82, 2.24) is 4.90 Å². The van der Waals surface area contributed by atoms with E-state index in [9.17, 15) is 27.5 Å². The van der Waals surface area contributed by atoms with Crippen LogP contribution in [0.2, 0.25) is 0 Å². The zero-order valence-electron chi connectivity index (χ0n) is 19.0. The summed E-state index contributed by atoms with van der Waals surface area (Å²) in [5.41, 5.74) is 1.29. The van der Waals surface area contributed by atoms with Gasteiger partial charge in [0.25, 0.3) is 0 Å². The molecule has 4 rings (SSSR count). The first-order chi connectivity index (χ1) is 15.9. The Morgan fingerprint density at radius 2 is 1.76 bits per heavy atom. The molecule has 1 aromatic rings. The molecule has 0 aromatic heterocycles. The van der Waals surface area contributed by atoms with Crippen molar-refractivity contribution in [1.29, 1.82) is 0 Å². The van der Waals surface area contributed by atoms with Crippen molar-refractivity contribution < 1.29 is 42.1 Å². The van der Waals surface area contributed by atoms with Gasteiger partial charge in [0.15, 0.2) is 0 Å². The maximum absolute atomic E-state index is 14.0. The minimum absolute atomic E-state index is 0.0563. The predicted octanol–water partition coefficient (Wildman–Crippen LogP) is 3.09. The maximum atomic E-state index is 14.0. The highest BCUT2D eigenvalue weighted by Gasteiger charge is 2.46. The van der Waals surface area contributed by atoms with E-state index >= 15 is 0 Å². The van der Waals surface area contributed by atoms with Crippen molar-refractivity contribution in [3.8, 4) is 0 Å². The van der Waals surface area contributed by atoms with Crippen LogP contribution in [-0.2, 0) is 19.7 Å². The van der Waals surface area contributed by atoms with Gasteiger partial charge in [0.2, 0.25) is 5.91 Å². The highest BCUT2D eigenvalue weighted by Crippen LogP contribution is 2.47. The van der Waals surface area contributed by atoms with Gasteiger partial charge >= 0.3 is 12.1 Å². The van der Waals surface area contributed by atoms with Crippen LogP contribution in [0.3, 0.4) is 0 Å². The van der Waals surface area contributed by atoms with E-state index in [1.807, 2.05) is 11.0 Å². The fourth-order valence-electron chi connectivity index (χ4n) is 4.91. The lowest BCUT2D eigenvalue weighted by Crippen LogP contribution is -2.50. The summed E-state index contributed by atoms with van der Waals surface area (Å²) in [5.74, 6) is -2.90. The molecule has 1 saturated carbocycles. The third-order valence-electron chi connectivity index (χ3n) is 7.01. The summed E-state index contributed by atoms with van der Waals surface area (Å²) in [5, 5.41) is 17.4. The summed E-state index contributed by atoms with van der Waals surface area (Å²) in [7, 11) is 1.69. The van der Waals surface area contributed by atoms with Gasteiger partial charge in [0, 0.05) is 44.4 Å². The number of hydrogen-bond donors (Lipinski definition) is 2. The second-order valence-corrected chi connectivity index (χ2v) is 9.29. The fraction of sp³-hybridized carbons (Fsp3) is 0.652. The average Bonchev–Trinajstić information content (AvgIpc) is 3.03. The van der Waals surface area contributed by atoms with Crippen LogP contribution < -0.4 is 4.90 Å². The first kappa shape index (κ1) is 26.2. The van der Waals surface area contributed by atoms with Crippen LogP contribution in [0.15, 0.2) is 18.2 Å². The molecule has 0 radical (unpaired) electrons. The van der Waals surface area contributed by atoms with Crippen LogP contribution in [0, 0.1) is 5.82 Å². The molecule has 2 N–H and O–H groups in total. The number of rotatable bonds is 5. The number of aliphatic hydroxyl groups is 1. The van der Waals surface area contributed by atoms with Crippen LogP contribution in [0.25, 0.3) is 0 Å². The number of carboxylic acid groups (broad SMARTS) is 1. The topological polar surface area (TPSA) is 90.3 Å². The van der Waals surface area contributed by atoms with E-state index < -0.39 is 17.7 Å². The molecule has 1 spiro atoms. The van der Waals surface area contributed by atoms with Crippen LogP contribution >= 0.6 is 0 Å². The fourth-order valence-corrected chi connectivity index (χ4v) is 4.91. The molecule has 0 atom stereocenters. The number of ether oxygens (including phenoxy) is 1. The number of hydrogen-bond acceptors (Lipinski definition) is 5. The number of aliphatic carboxylic acids is 1. The van der Waals surface area contributed by atoms with Crippen LogP contribution in [0.4, 0.5) is 23.2 Å². The number of benzene rings is 1. The number of methoxy groups -OCH3 is 1. The van der Waals surface area contributed by atoms with Crippen LogP contribution in [0.1, 0.15) is 44.1 Å². The molecule has 7 nitrogen and oxygen atoms in total. The Morgan fingerprint density at radius 1 is 1.15 bits per heavy atom. The number of amides is 1. The highest BCUT2D eigenvalue weighted by atomic mass is 19.4. The van der Waals surface area contributed by atoms with Crippen molar-refractivity contribution in [2.45, 2.75) is 55.7 Å². The normalized spacial score (nSPS) is 20.3. The number of likely N-dealkylation sites (tertiary alicyclic amines) is 1. The standard InChI is InChI=1S/C21H29FN2O3.C2HF3O2/c1-27-12-11-24-15-20(17-13-16(22)3-4-18(17)24)7-9-23(10-8-20)19(25)14-21(26)5-2-6-21;3-2(4,5)1(6)7/h3-4,13,26H,2,5-12,14-15H2,1H3;(H,6,7). The summed E-state index contributed by atoms with van der Waals surface area (Å²) in [6, 6.07) is 5.07. The summed E-state index contributed by atoms with van der Waals surface area (Å²) < 4.78 is 51.0. The number of carboxylic acids is 1. The number of nitrogens with zero attached hydrogens (tertiary/aromatic N) is 2. The molecule has 11 heteroatoms. The zero-order valence-corrected chi connectivity index (χ0v) is 19.0. The molecule has 2 fully saturated rings. The molecule has 2 aliphatic heterocycles. The number of carbonyl (C=O) groups is 2. The second-order valence-electron chi connectivity index (χ2n) is 9.29. The van der Waals surface area contributed by atoms with Crippen molar-refractivity contribution in [3.05, 3.63) is 29.6 Å². The van der Waals surface area contributed by atoms with Crippen molar-refractivity contribution in [2.24, 2.45) is 0 Å². The zero-order chi connectivity index (χ0) is 25.1. The Labute approximate surface area is 195 Å². The molecule has 0 bridgehead atoms. The van der Waals surface area contributed by atoms with Gasteiger partial charge in [-0.1, -0.05) is 0 Å². The Bertz CT molecular complexity index is 896. The Kier molecular flexibility index (Phi) is 7.76. The Hall–Kier alpha value is -2.40. The van der Waals surface area contributed by atoms with E-state index in [1.54, 1.807) is 13.2 Å². The SMILES string of the molecule is COCCN1CC2(CCN(C(=O)CC3(O)CCC3)CC2)c2cc(F)ccc21.O=C(O)C(F)(F)F. The molecule has 1 aliphatic carbocycles. The van der Waals surface area contributed by atoms with Gasteiger partial charge < -0.3 is 24.7 Å². The summed E-state index contributed by atoms with van der Waals surface area (Å²) in [6.45, 7) is 3.61. The van der Waals surface area contributed by atoms with E-state index in [-0.39, 0.29) is 23.6 Å². The van der Waals surface area contributed by atoms with Gasteiger partial charge in [0.05, 0.1) is 18.6 Å².